The number of aromatic nitrogens is 1. The first-order valence-electron chi connectivity index (χ1n) is 6.72. The Labute approximate surface area is 140 Å². The number of carbonyl (C=O) groups excluding carboxylic acids is 2. The Morgan fingerprint density at radius 2 is 1.74 bits per heavy atom. The molecule has 0 bridgehead atoms. The number of amides is 2. The summed E-state index contributed by atoms with van der Waals surface area (Å²) in [5, 5.41) is 5.46. The molecule has 6 nitrogen and oxygen atoms in total. The smallest absolute Gasteiger partial charge is 0.291 e. The normalized spacial score (nSPS) is 10.3. The highest BCUT2D eigenvalue weighted by Gasteiger charge is 2.11. The minimum Gasteiger partial charge on any atom is -0.459 e. The topological polar surface area (TPSA) is 87.1 Å². The molecule has 3 rings (SSSR count). The van der Waals surface area contributed by atoms with Gasteiger partial charge in [0.1, 0.15) is 5.69 Å². The summed E-state index contributed by atoms with van der Waals surface area (Å²) in [5.74, 6) is -0.410. The second-order valence-electron chi connectivity index (χ2n) is 4.70. The monoisotopic (exact) mass is 373 g/mol. The minimum atomic E-state index is -0.355. The van der Waals surface area contributed by atoms with E-state index in [4.69, 9.17) is 4.42 Å². The van der Waals surface area contributed by atoms with Crippen LogP contribution in [0.5, 0.6) is 0 Å². The van der Waals surface area contributed by atoms with Crippen LogP contribution < -0.4 is 10.6 Å². The molecule has 3 N–H and O–H groups in total. The van der Waals surface area contributed by atoms with Crippen molar-refractivity contribution < 1.29 is 14.0 Å². The summed E-state index contributed by atoms with van der Waals surface area (Å²) in [7, 11) is 0. The zero-order valence-corrected chi connectivity index (χ0v) is 13.4. The molecule has 3 aromatic rings. The fourth-order valence-electron chi connectivity index (χ4n) is 1.97. The van der Waals surface area contributed by atoms with Crippen LogP contribution in [0.15, 0.2) is 63.8 Å². The molecule has 0 fully saturated rings. The standard InChI is InChI=1S/C16H12BrN3O3/c17-10-7-13(18-9-10)15(21)19-11-3-1-4-12(8-11)20-16(22)14-5-2-6-23-14/h1-9,18H,(H,19,21)(H,20,22). The van der Waals surface area contributed by atoms with Crippen molar-refractivity contribution in [3.05, 3.63) is 70.9 Å². The van der Waals surface area contributed by atoms with Gasteiger partial charge in [-0.05, 0) is 52.3 Å². The van der Waals surface area contributed by atoms with E-state index in [1.54, 1.807) is 48.7 Å². The first-order chi connectivity index (χ1) is 11.1. The third-order valence-electron chi connectivity index (χ3n) is 3.02. The van der Waals surface area contributed by atoms with Gasteiger partial charge in [-0.25, -0.2) is 0 Å². The van der Waals surface area contributed by atoms with Crippen molar-refractivity contribution in [1.29, 1.82) is 0 Å². The molecule has 0 spiro atoms. The molecule has 0 saturated carbocycles. The predicted molar refractivity (Wildman–Crippen MR) is 89.5 cm³/mol. The number of H-pyrrole nitrogens is 1. The van der Waals surface area contributed by atoms with E-state index in [-0.39, 0.29) is 17.6 Å². The summed E-state index contributed by atoms with van der Waals surface area (Å²) in [6, 6.07) is 11.7. The van der Waals surface area contributed by atoms with Crippen molar-refractivity contribution in [3.63, 3.8) is 0 Å². The third kappa shape index (κ3) is 3.70. The summed E-state index contributed by atoms with van der Waals surface area (Å²) in [6.07, 6.45) is 3.11. The highest BCUT2D eigenvalue weighted by molar-refractivity contribution is 9.10. The maximum atomic E-state index is 12.1. The molecule has 23 heavy (non-hydrogen) atoms. The van der Waals surface area contributed by atoms with Crippen LogP contribution in [0.25, 0.3) is 0 Å². The number of hydrogen-bond acceptors (Lipinski definition) is 3. The van der Waals surface area contributed by atoms with Crippen LogP contribution >= 0.6 is 15.9 Å². The van der Waals surface area contributed by atoms with Gasteiger partial charge >= 0.3 is 0 Å². The van der Waals surface area contributed by atoms with Crippen molar-refractivity contribution in [2.45, 2.75) is 0 Å². The lowest BCUT2D eigenvalue weighted by Crippen LogP contribution is -2.13. The minimum absolute atomic E-state index is 0.218. The van der Waals surface area contributed by atoms with E-state index in [1.807, 2.05) is 0 Å². The molecule has 0 saturated heterocycles. The quantitative estimate of drug-likeness (QED) is 0.648. The number of nitrogens with one attached hydrogen (secondary N) is 3. The van der Waals surface area contributed by atoms with E-state index in [9.17, 15) is 9.59 Å². The Kier molecular flexibility index (Phi) is 4.29. The zero-order chi connectivity index (χ0) is 16.2. The lowest BCUT2D eigenvalue weighted by Gasteiger charge is -2.07. The number of furan rings is 1. The van der Waals surface area contributed by atoms with Crippen LogP contribution in [0.2, 0.25) is 0 Å². The Balaban J connectivity index is 1.70. The molecule has 2 heterocycles. The molecular formula is C16H12BrN3O3. The number of rotatable bonds is 4. The van der Waals surface area contributed by atoms with E-state index < -0.39 is 0 Å². The number of aromatic amines is 1. The summed E-state index contributed by atoms with van der Waals surface area (Å²) >= 11 is 3.28. The fraction of sp³-hybridized carbons (Fsp3) is 0. The van der Waals surface area contributed by atoms with E-state index in [0.717, 1.165) is 4.47 Å². The SMILES string of the molecule is O=C(Nc1cccc(NC(=O)c2ccco2)c1)c1cc(Br)c[nH]1. The molecule has 1 aromatic carbocycles. The molecule has 0 atom stereocenters. The van der Waals surface area contributed by atoms with Crippen LogP contribution in [0, 0.1) is 0 Å². The van der Waals surface area contributed by atoms with Crippen LogP contribution in [0.3, 0.4) is 0 Å². The summed E-state index contributed by atoms with van der Waals surface area (Å²) in [5.41, 5.74) is 1.55. The Hall–Kier alpha value is -2.80. The first kappa shape index (κ1) is 15.1. The van der Waals surface area contributed by atoms with Gasteiger partial charge in [0.15, 0.2) is 5.76 Å². The Morgan fingerprint density at radius 3 is 2.35 bits per heavy atom. The maximum absolute atomic E-state index is 12.1. The first-order valence-corrected chi connectivity index (χ1v) is 7.51. The van der Waals surface area contributed by atoms with Crippen molar-refractivity contribution in [3.8, 4) is 0 Å². The van der Waals surface area contributed by atoms with Gasteiger partial charge in [0.05, 0.1) is 6.26 Å². The zero-order valence-electron chi connectivity index (χ0n) is 11.8. The van der Waals surface area contributed by atoms with Gasteiger partial charge < -0.3 is 20.0 Å². The average Bonchev–Trinajstić information content (AvgIpc) is 3.18. The summed E-state index contributed by atoms with van der Waals surface area (Å²) in [6.45, 7) is 0. The number of anilines is 2. The number of hydrogen-bond donors (Lipinski definition) is 3. The Morgan fingerprint density at radius 1 is 1.00 bits per heavy atom. The van der Waals surface area contributed by atoms with Gasteiger partial charge in [-0.2, -0.15) is 0 Å². The van der Waals surface area contributed by atoms with Gasteiger partial charge in [0.25, 0.3) is 11.8 Å². The van der Waals surface area contributed by atoms with Crippen LogP contribution in [0.1, 0.15) is 21.0 Å². The third-order valence-corrected chi connectivity index (χ3v) is 3.47. The number of benzene rings is 1. The predicted octanol–water partition coefficient (Wildman–Crippen LogP) is 3.87. The van der Waals surface area contributed by atoms with E-state index in [2.05, 4.69) is 31.5 Å². The van der Waals surface area contributed by atoms with Crippen molar-refractivity contribution in [2.75, 3.05) is 10.6 Å². The molecule has 0 aliphatic rings. The summed E-state index contributed by atoms with van der Waals surface area (Å²) in [4.78, 5) is 26.9. The van der Waals surface area contributed by atoms with Gasteiger partial charge in [0, 0.05) is 22.0 Å². The molecule has 0 aliphatic heterocycles. The number of halogens is 1. The second-order valence-corrected chi connectivity index (χ2v) is 5.61. The van der Waals surface area contributed by atoms with Crippen molar-refractivity contribution in [2.24, 2.45) is 0 Å². The largest absolute Gasteiger partial charge is 0.459 e. The van der Waals surface area contributed by atoms with E-state index >= 15 is 0 Å². The van der Waals surface area contributed by atoms with E-state index in [1.165, 1.54) is 6.26 Å². The van der Waals surface area contributed by atoms with Gasteiger partial charge in [0.2, 0.25) is 0 Å². The lowest BCUT2D eigenvalue weighted by atomic mass is 10.2. The fourth-order valence-corrected chi connectivity index (χ4v) is 2.32. The highest BCUT2D eigenvalue weighted by Crippen LogP contribution is 2.18. The molecule has 2 aromatic heterocycles. The van der Waals surface area contributed by atoms with Gasteiger partial charge in [-0.3, -0.25) is 9.59 Å². The van der Waals surface area contributed by atoms with Crippen LogP contribution in [-0.4, -0.2) is 16.8 Å². The van der Waals surface area contributed by atoms with Crippen molar-refractivity contribution >= 4 is 39.1 Å². The van der Waals surface area contributed by atoms with Gasteiger partial charge in [-0.15, -0.1) is 0 Å². The lowest BCUT2D eigenvalue weighted by molar-refractivity contribution is 0.0994. The Bertz CT molecular complexity index is 840. The van der Waals surface area contributed by atoms with Crippen LogP contribution in [-0.2, 0) is 0 Å². The molecule has 0 aliphatic carbocycles. The molecule has 0 radical (unpaired) electrons. The molecule has 0 unspecified atom stereocenters. The van der Waals surface area contributed by atoms with Gasteiger partial charge in [-0.1, -0.05) is 6.07 Å². The van der Waals surface area contributed by atoms with E-state index in [0.29, 0.717) is 17.1 Å². The van der Waals surface area contributed by atoms with Crippen molar-refractivity contribution in [1.82, 2.24) is 4.98 Å². The number of carbonyl (C=O) groups is 2. The second kappa shape index (κ2) is 6.53. The highest BCUT2D eigenvalue weighted by atomic mass is 79.9. The molecule has 116 valence electrons. The average molecular weight is 374 g/mol. The maximum Gasteiger partial charge on any atom is 0.291 e. The molecule has 2 amide bonds. The molecule has 7 heteroatoms. The summed E-state index contributed by atoms with van der Waals surface area (Å²) < 4.78 is 5.83. The molecular weight excluding hydrogens is 362 g/mol. The van der Waals surface area contributed by atoms with Crippen LogP contribution in [0.4, 0.5) is 11.4 Å².